The lowest BCUT2D eigenvalue weighted by molar-refractivity contribution is -0.148. The number of piperidine rings is 1. The molecule has 2 atom stereocenters. The lowest BCUT2D eigenvalue weighted by Gasteiger charge is -2.44. The van der Waals surface area contributed by atoms with Crippen LogP contribution in [0.5, 0.6) is 0 Å². The Hall–Kier alpha value is -0.570. The summed E-state index contributed by atoms with van der Waals surface area (Å²) >= 11 is 0. The molecule has 0 aromatic rings. The van der Waals surface area contributed by atoms with Crippen molar-refractivity contribution in [3.05, 3.63) is 0 Å². The molecule has 2 saturated heterocycles. The van der Waals surface area contributed by atoms with Crippen LogP contribution in [0.3, 0.4) is 0 Å². The topological polar surface area (TPSA) is 29.5 Å². The van der Waals surface area contributed by atoms with Crippen molar-refractivity contribution in [3.63, 3.8) is 0 Å². The van der Waals surface area contributed by atoms with Crippen LogP contribution in [0.2, 0.25) is 0 Å². The van der Waals surface area contributed by atoms with E-state index in [9.17, 15) is 4.79 Å². The number of carbonyl (C=O) groups is 1. The molecular weight excluding hydrogens is 190 g/mol. The maximum absolute atomic E-state index is 11.7. The number of carbonyl (C=O) groups excluding carboxylic acids is 1. The fraction of sp³-hybridized carbons (Fsp3) is 0.917. The third-order valence-corrected chi connectivity index (χ3v) is 4.07. The van der Waals surface area contributed by atoms with Crippen LogP contribution in [0.25, 0.3) is 0 Å². The molecule has 86 valence electrons. The van der Waals surface area contributed by atoms with Crippen LogP contribution >= 0.6 is 0 Å². The van der Waals surface area contributed by atoms with E-state index in [4.69, 9.17) is 4.74 Å². The number of esters is 1. The van der Waals surface area contributed by atoms with Gasteiger partial charge in [0, 0.05) is 6.04 Å². The Bertz CT molecular complexity index is 262. The summed E-state index contributed by atoms with van der Waals surface area (Å²) < 4.78 is 4.91. The van der Waals surface area contributed by atoms with Crippen molar-refractivity contribution >= 4 is 5.97 Å². The molecule has 0 amide bonds. The van der Waals surface area contributed by atoms with Crippen LogP contribution in [0, 0.1) is 11.3 Å². The first kappa shape index (κ1) is 10.9. The summed E-state index contributed by atoms with van der Waals surface area (Å²) in [5, 5.41) is 0. The molecule has 15 heavy (non-hydrogen) atoms. The Kier molecular flexibility index (Phi) is 2.75. The van der Waals surface area contributed by atoms with Crippen molar-refractivity contribution in [1.82, 2.24) is 4.90 Å². The summed E-state index contributed by atoms with van der Waals surface area (Å²) in [4.78, 5) is 14.2. The van der Waals surface area contributed by atoms with Crippen molar-refractivity contribution in [2.75, 3.05) is 20.2 Å². The normalized spacial score (nSPS) is 34.9. The molecule has 0 spiro atoms. The summed E-state index contributed by atoms with van der Waals surface area (Å²) in [5.41, 5.74) is 0.258. The van der Waals surface area contributed by atoms with Gasteiger partial charge in [-0.3, -0.25) is 9.69 Å². The van der Waals surface area contributed by atoms with Crippen molar-refractivity contribution in [2.24, 2.45) is 11.3 Å². The lowest BCUT2D eigenvalue weighted by atomic mass is 9.72. The molecule has 0 aromatic carbocycles. The Morgan fingerprint density at radius 3 is 2.80 bits per heavy atom. The van der Waals surface area contributed by atoms with Gasteiger partial charge < -0.3 is 4.74 Å². The first-order valence-electron chi connectivity index (χ1n) is 5.88. The fourth-order valence-corrected chi connectivity index (χ4v) is 3.43. The molecule has 2 rings (SSSR count). The molecule has 0 aromatic heterocycles. The van der Waals surface area contributed by atoms with Crippen LogP contribution < -0.4 is 0 Å². The monoisotopic (exact) mass is 211 g/mol. The second-order valence-electron chi connectivity index (χ2n) is 5.49. The maximum Gasteiger partial charge on any atom is 0.310 e. The zero-order valence-corrected chi connectivity index (χ0v) is 9.95. The number of rotatable bonds is 1. The number of methoxy groups -OCH3 is 1. The quantitative estimate of drug-likeness (QED) is 0.618. The van der Waals surface area contributed by atoms with Crippen LogP contribution in [-0.4, -0.2) is 37.1 Å². The van der Waals surface area contributed by atoms with Gasteiger partial charge in [0.25, 0.3) is 0 Å². The third kappa shape index (κ3) is 1.78. The number of hydrogen-bond acceptors (Lipinski definition) is 3. The van der Waals surface area contributed by atoms with Gasteiger partial charge in [0.2, 0.25) is 0 Å². The second kappa shape index (κ2) is 3.78. The standard InChI is InChI=1S/C12H21NO2/c1-12(2)6-4-7-13-8-5-9(10(12)13)11(14)15-3/h9-10H,4-8H2,1-3H3/t9-,10?/m0/s1. The highest BCUT2D eigenvalue weighted by Crippen LogP contribution is 2.43. The average molecular weight is 211 g/mol. The van der Waals surface area contributed by atoms with Gasteiger partial charge in [0.05, 0.1) is 13.0 Å². The van der Waals surface area contributed by atoms with Crippen LogP contribution in [0.15, 0.2) is 0 Å². The van der Waals surface area contributed by atoms with Crippen LogP contribution in [0.4, 0.5) is 0 Å². The Labute approximate surface area is 91.8 Å². The molecule has 3 heteroatoms. The van der Waals surface area contributed by atoms with E-state index in [-0.39, 0.29) is 17.3 Å². The van der Waals surface area contributed by atoms with Gasteiger partial charge in [-0.15, -0.1) is 0 Å². The molecule has 1 unspecified atom stereocenters. The Balaban J connectivity index is 2.19. The molecule has 2 fully saturated rings. The zero-order chi connectivity index (χ0) is 11.1. The minimum absolute atomic E-state index is 0.0162. The van der Waals surface area contributed by atoms with E-state index < -0.39 is 0 Å². The Morgan fingerprint density at radius 2 is 2.13 bits per heavy atom. The smallest absolute Gasteiger partial charge is 0.310 e. The van der Waals surface area contributed by atoms with Crippen molar-refractivity contribution in [2.45, 2.75) is 39.2 Å². The molecule has 2 aliphatic rings. The molecule has 0 radical (unpaired) electrons. The van der Waals surface area contributed by atoms with E-state index in [2.05, 4.69) is 18.7 Å². The van der Waals surface area contributed by atoms with Gasteiger partial charge >= 0.3 is 5.97 Å². The molecule has 0 saturated carbocycles. The highest BCUT2D eigenvalue weighted by Gasteiger charge is 2.48. The summed E-state index contributed by atoms with van der Waals surface area (Å²) in [5.74, 6) is 0.0859. The van der Waals surface area contributed by atoms with Gasteiger partial charge in [-0.25, -0.2) is 0 Å². The lowest BCUT2D eigenvalue weighted by Crippen LogP contribution is -2.50. The molecule has 0 N–H and O–H groups in total. The highest BCUT2D eigenvalue weighted by molar-refractivity contribution is 5.73. The van der Waals surface area contributed by atoms with E-state index in [1.54, 1.807) is 0 Å². The number of nitrogens with zero attached hydrogens (tertiary/aromatic N) is 1. The van der Waals surface area contributed by atoms with E-state index in [0.717, 1.165) is 19.5 Å². The average Bonchev–Trinajstić information content (AvgIpc) is 2.61. The van der Waals surface area contributed by atoms with Gasteiger partial charge in [-0.2, -0.15) is 0 Å². The molecule has 0 bridgehead atoms. The predicted octanol–water partition coefficient (Wildman–Crippen LogP) is 1.67. The van der Waals surface area contributed by atoms with Crippen LogP contribution in [0.1, 0.15) is 33.1 Å². The van der Waals surface area contributed by atoms with Gasteiger partial charge in [-0.1, -0.05) is 13.8 Å². The number of fused-ring (bicyclic) bond motifs is 1. The highest BCUT2D eigenvalue weighted by atomic mass is 16.5. The van der Waals surface area contributed by atoms with E-state index in [1.165, 1.54) is 20.0 Å². The first-order chi connectivity index (χ1) is 7.06. The molecule has 0 aliphatic carbocycles. The first-order valence-corrected chi connectivity index (χ1v) is 5.88. The van der Waals surface area contributed by atoms with Gasteiger partial charge in [0.15, 0.2) is 0 Å². The maximum atomic E-state index is 11.7. The SMILES string of the molecule is COC(=O)[C@H]1CCN2CCCC(C)(C)C12. The minimum atomic E-state index is -0.0162. The minimum Gasteiger partial charge on any atom is -0.469 e. The summed E-state index contributed by atoms with van der Waals surface area (Å²) in [6.07, 6.45) is 3.46. The number of hydrogen-bond donors (Lipinski definition) is 0. The molecule has 3 nitrogen and oxygen atoms in total. The largest absolute Gasteiger partial charge is 0.469 e. The summed E-state index contributed by atoms with van der Waals surface area (Å²) in [7, 11) is 1.50. The molecule has 2 aliphatic heterocycles. The zero-order valence-electron chi connectivity index (χ0n) is 9.95. The third-order valence-electron chi connectivity index (χ3n) is 4.07. The Morgan fingerprint density at radius 1 is 1.40 bits per heavy atom. The van der Waals surface area contributed by atoms with Crippen molar-refractivity contribution in [1.29, 1.82) is 0 Å². The van der Waals surface area contributed by atoms with Crippen LogP contribution in [-0.2, 0) is 9.53 Å². The number of ether oxygens (including phenoxy) is 1. The van der Waals surface area contributed by atoms with E-state index in [0.29, 0.717) is 6.04 Å². The molecular formula is C12H21NO2. The molecule has 2 heterocycles. The second-order valence-corrected chi connectivity index (χ2v) is 5.49. The van der Waals surface area contributed by atoms with E-state index in [1.807, 2.05) is 0 Å². The fourth-order valence-electron chi connectivity index (χ4n) is 3.43. The summed E-state index contributed by atoms with van der Waals surface area (Å²) in [6.45, 7) is 6.78. The van der Waals surface area contributed by atoms with Gasteiger partial charge in [0.1, 0.15) is 0 Å². The predicted molar refractivity (Wildman–Crippen MR) is 58.5 cm³/mol. The van der Waals surface area contributed by atoms with E-state index >= 15 is 0 Å². The van der Waals surface area contributed by atoms with Gasteiger partial charge in [-0.05, 0) is 37.8 Å². The van der Waals surface area contributed by atoms with Crippen molar-refractivity contribution < 1.29 is 9.53 Å². The van der Waals surface area contributed by atoms with Crippen molar-refractivity contribution in [3.8, 4) is 0 Å². The summed E-state index contributed by atoms with van der Waals surface area (Å²) in [6, 6.07) is 0.402.